The fourth-order valence-electron chi connectivity index (χ4n) is 0.642. The Kier molecular flexibility index (Phi) is 1.94. The molecule has 0 aliphatic heterocycles. The maximum absolute atomic E-state index is 5.25. The Morgan fingerprint density at radius 1 is 1.70 bits per heavy atom. The van der Waals surface area contributed by atoms with Crippen LogP contribution in [0.2, 0.25) is 0 Å². The number of H-pyrrole nitrogens is 1. The molecule has 1 N–H and O–H groups in total. The van der Waals surface area contributed by atoms with Crippen molar-refractivity contribution in [3.8, 4) is 5.88 Å². The number of nitrogens with one attached hydrogen (secondary N) is 1. The van der Waals surface area contributed by atoms with Crippen molar-refractivity contribution in [3.63, 3.8) is 0 Å². The molecule has 0 unspecified atom stereocenters. The number of hydrogen-bond donors (Lipinski definition) is 1. The lowest BCUT2D eigenvalue weighted by Crippen LogP contribution is -2.05. The van der Waals surface area contributed by atoms with E-state index in [0.717, 1.165) is 5.69 Å². The quantitative estimate of drug-likeness (QED) is 0.672. The summed E-state index contributed by atoms with van der Waals surface area (Å²) < 4.78 is 5.25. The van der Waals surface area contributed by atoms with Gasteiger partial charge in [0.25, 0.3) is 0 Å². The molecule has 0 saturated carbocycles. The van der Waals surface area contributed by atoms with Crippen LogP contribution in [0.15, 0.2) is 6.07 Å². The molecule has 0 aliphatic rings. The molecule has 0 atom stereocenters. The summed E-state index contributed by atoms with van der Waals surface area (Å²) in [6.07, 6.45) is 0.169. The maximum atomic E-state index is 5.25. The fraction of sp³-hybridized carbons (Fsp3) is 0.429. The van der Waals surface area contributed by atoms with Crippen molar-refractivity contribution in [2.75, 3.05) is 0 Å². The Morgan fingerprint density at radius 2 is 2.40 bits per heavy atom. The van der Waals surface area contributed by atoms with E-state index in [1.165, 1.54) is 0 Å². The van der Waals surface area contributed by atoms with Gasteiger partial charge in [-0.3, -0.25) is 5.10 Å². The van der Waals surface area contributed by atoms with Crippen molar-refractivity contribution in [1.29, 1.82) is 0 Å². The van der Waals surface area contributed by atoms with Crippen LogP contribution in [0.3, 0.4) is 0 Å². The molecule has 0 fully saturated rings. The van der Waals surface area contributed by atoms with Crippen LogP contribution in [0, 0.1) is 6.92 Å². The van der Waals surface area contributed by atoms with Crippen LogP contribution in [0.4, 0.5) is 0 Å². The second-order valence-electron chi connectivity index (χ2n) is 2.40. The molecule has 0 aliphatic carbocycles. The predicted molar refractivity (Wildman–Crippen MR) is 38.8 cm³/mol. The minimum Gasteiger partial charge on any atom is -0.474 e. The molecule has 1 aromatic heterocycles. The molecule has 0 saturated heterocycles. The van der Waals surface area contributed by atoms with Crippen molar-refractivity contribution < 1.29 is 4.74 Å². The first-order chi connectivity index (χ1) is 4.68. The van der Waals surface area contributed by atoms with E-state index in [1.54, 1.807) is 6.07 Å². The molecule has 3 nitrogen and oxygen atoms in total. The minimum atomic E-state index is 0.169. The highest BCUT2D eigenvalue weighted by molar-refractivity contribution is 5.15. The number of nitrogens with zero attached hydrogens (tertiary/aromatic N) is 1. The van der Waals surface area contributed by atoms with Gasteiger partial charge in [-0.15, -0.1) is 5.10 Å². The molecule has 55 valence electrons. The molecule has 1 radical (unpaired) electrons. The van der Waals surface area contributed by atoms with E-state index >= 15 is 0 Å². The zero-order valence-electron chi connectivity index (χ0n) is 6.22. The summed E-state index contributed by atoms with van der Waals surface area (Å²) >= 11 is 0. The van der Waals surface area contributed by atoms with Gasteiger partial charge in [-0.1, -0.05) is 0 Å². The van der Waals surface area contributed by atoms with Crippen LogP contribution in [0.1, 0.15) is 19.5 Å². The van der Waals surface area contributed by atoms with Crippen LogP contribution in [-0.4, -0.2) is 16.3 Å². The minimum absolute atomic E-state index is 0.169. The molecule has 1 rings (SSSR count). The molecule has 1 heterocycles. The summed E-state index contributed by atoms with van der Waals surface area (Å²) in [7, 11) is 0. The molecule has 0 spiro atoms. The second kappa shape index (κ2) is 2.73. The molecular formula is C7H11N2O. The van der Waals surface area contributed by atoms with E-state index in [9.17, 15) is 0 Å². The number of rotatable bonds is 2. The van der Waals surface area contributed by atoms with Crippen LogP contribution in [0.5, 0.6) is 5.88 Å². The van der Waals surface area contributed by atoms with Gasteiger partial charge in [0.05, 0.1) is 6.10 Å². The zero-order chi connectivity index (χ0) is 7.56. The number of hydrogen-bond acceptors (Lipinski definition) is 2. The van der Waals surface area contributed by atoms with Gasteiger partial charge in [-0.05, 0) is 20.8 Å². The van der Waals surface area contributed by atoms with Crippen molar-refractivity contribution in [2.24, 2.45) is 0 Å². The second-order valence-corrected chi connectivity index (χ2v) is 2.40. The van der Waals surface area contributed by atoms with E-state index < -0.39 is 0 Å². The molecule has 3 heteroatoms. The van der Waals surface area contributed by atoms with Gasteiger partial charge in [0, 0.05) is 11.8 Å². The molecular weight excluding hydrogens is 128 g/mol. The van der Waals surface area contributed by atoms with Gasteiger partial charge in [0.15, 0.2) is 0 Å². The van der Waals surface area contributed by atoms with Crippen molar-refractivity contribution in [3.05, 3.63) is 18.7 Å². The molecule has 0 amide bonds. The lowest BCUT2D eigenvalue weighted by atomic mass is 10.4. The first kappa shape index (κ1) is 7.12. The number of aromatic nitrogens is 2. The Labute approximate surface area is 60.4 Å². The smallest absolute Gasteiger partial charge is 0.232 e. The third kappa shape index (κ3) is 1.76. The summed E-state index contributed by atoms with van der Waals surface area (Å²) in [6, 6.07) is 1.76. The summed E-state index contributed by atoms with van der Waals surface area (Å²) in [5, 5.41) is 6.53. The Hall–Kier alpha value is -0.990. The molecule has 10 heavy (non-hydrogen) atoms. The fourth-order valence-corrected chi connectivity index (χ4v) is 0.642. The Bertz CT molecular complexity index is 205. The highest BCUT2D eigenvalue weighted by Crippen LogP contribution is 2.08. The highest BCUT2D eigenvalue weighted by atomic mass is 16.5. The first-order valence-electron chi connectivity index (χ1n) is 3.22. The molecule has 1 aromatic rings. The Balaban J connectivity index is 2.58. The molecule has 0 bridgehead atoms. The van der Waals surface area contributed by atoms with Gasteiger partial charge in [-0.2, -0.15) is 0 Å². The van der Waals surface area contributed by atoms with Crippen molar-refractivity contribution in [1.82, 2.24) is 10.2 Å². The zero-order valence-corrected chi connectivity index (χ0v) is 6.22. The van der Waals surface area contributed by atoms with Crippen LogP contribution in [-0.2, 0) is 0 Å². The Morgan fingerprint density at radius 3 is 2.80 bits per heavy atom. The van der Waals surface area contributed by atoms with Gasteiger partial charge in [0.2, 0.25) is 5.88 Å². The lowest BCUT2D eigenvalue weighted by molar-refractivity contribution is 0.232. The van der Waals surface area contributed by atoms with Gasteiger partial charge >= 0.3 is 0 Å². The number of aromatic amines is 1. The van der Waals surface area contributed by atoms with Crippen molar-refractivity contribution in [2.45, 2.75) is 20.0 Å². The average Bonchev–Trinajstić information content (AvgIpc) is 2.13. The average molecular weight is 139 g/mol. The van der Waals surface area contributed by atoms with Crippen LogP contribution in [0.25, 0.3) is 0 Å². The third-order valence-electron chi connectivity index (χ3n) is 0.964. The standard InChI is InChI=1S/C7H11N2O/c1-5(2)10-7-4-6(3)8-9-7/h4-5H,3H2,1-2H3,(H,8,9). The third-order valence-corrected chi connectivity index (χ3v) is 0.964. The highest BCUT2D eigenvalue weighted by Gasteiger charge is 1.99. The van der Waals surface area contributed by atoms with E-state index in [0.29, 0.717) is 5.88 Å². The van der Waals surface area contributed by atoms with E-state index in [2.05, 4.69) is 17.1 Å². The number of ether oxygens (including phenoxy) is 1. The van der Waals surface area contributed by atoms with Crippen LogP contribution >= 0.6 is 0 Å². The van der Waals surface area contributed by atoms with E-state index in [1.807, 2.05) is 13.8 Å². The van der Waals surface area contributed by atoms with E-state index in [-0.39, 0.29) is 6.10 Å². The SMILES string of the molecule is [CH2]c1cc(OC(C)C)n[nH]1. The largest absolute Gasteiger partial charge is 0.474 e. The maximum Gasteiger partial charge on any atom is 0.232 e. The summed E-state index contributed by atoms with van der Waals surface area (Å²) in [5.74, 6) is 0.611. The summed E-state index contributed by atoms with van der Waals surface area (Å²) in [5.41, 5.74) is 0.774. The predicted octanol–water partition coefficient (Wildman–Crippen LogP) is 1.38. The topological polar surface area (TPSA) is 37.9 Å². The summed E-state index contributed by atoms with van der Waals surface area (Å²) in [4.78, 5) is 0. The van der Waals surface area contributed by atoms with Gasteiger partial charge in [0.1, 0.15) is 0 Å². The van der Waals surface area contributed by atoms with Crippen LogP contribution < -0.4 is 4.74 Å². The lowest BCUT2D eigenvalue weighted by Gasteiger charge is -2.03. The monoisotopic (exact) mass is 139 g/mol. The molecule has 0 aromatic carbocycles. The summed E-state index contributed by atoms with van der Waals surface area (Å²) in [6.45, 7) is 7.56. The van der Waals surface area contributed by atoms with Gasteiger partial charge < -0.3 is 4.74 Å². The van der Waals surface area contributed by atoms with E-state index in [4.69, 9.17) is 4.74 Å². The normalized spacial score (nSPS) is 10.4. The van der Waals surface area contributed by atoms with Gasteiger partial charge in [-0.25, -0.2) is 0 Å². The van der Waals surface area contributed by atoms with Crippen molar-refractivity contribution >= 4 is 0 Å². The first-order valence-corrected chi connectivity index (χ1v) is 3.22.